The van der Waals surface area contributed by atoms with Crippen LogP contribution in [0.1, 0.15) is 5.56 Å². The minimum Gasteiger partial charge on any atom is -0.307 e. The first-order valence-electron chi connectivity index (χ1n) is 4.13. The van der Waals surface area contributed by atoms with Gasteiger partial charge in [-0.05, 0) is 0 Å². The van der Waals surface area contributed by atoms with E-state index in [4.69, 9.17) is 0 Å². The van der Waals surface area contributed by atoms with Crippen LogP contribution >= 0.6 is 0 Å². The number of nitrogens with one attached hydrogen (secondary N) is 1. The molecule has 1 aromatic rings. The quantitative estimate of drug-likeness (QED) is 0.776. The maximum atomic E-state index is 12.9. The van der Waals surface area contributed by atoms with Crippen molar-refractivity contribution in [3.8, 4) is 0 Å². The first kappa shape index (κ1) is 11.9. The molecule has 0 aliphatic rings. The van der Waals surface area contributed by atoms with Gasteiger partial charge in [-0.2, -0.15) is 0 Å². The molecule has 0 unspecified atom stereocenters. The highest BCUT2D eigenvalue weighted by atomic mass is 19.3. The maximum Gasteiger partial charge on any atom is 0.250 e. The summed E-state index contributed by atoms with van der Waals surface area (Å²) in [6.45, 7) is -1.07. The summed E-state index contributed by atoms with van der Waals surface area (Å²) in [7, 11) is 0. The van der Waals surface area contributed by atoms with Crippen molar-refractivity contribution < 1.29 is 22.0 Å². The van der Waals surface area contributed by atoms with Gasteiger partial charge in [0.15, 0.2) is 0 Å². The van der Waals surface area contributed by atoms with Gasteiger partial charge in [-0.25, -0.2) is 22.0 Å². The number of hydrogen-bond acceptors (Lipinski definition) is 1. The second-order valence-electron chi connectivity index (χ2n) is 2.87. The highest BCUT2D eigenvalue weighted by molar-refractivity contribution is 5.20. The van der Waals surface area contributed by atoms with Crippen molar-refractivity contribution >= 4 is 0 Å². The van der Waals surface area contributed by atoms with Crippen molar-refractivity contribution in [3.05, 3.63) is 35.1 Å². The normalized spacial score (nSPS) is 11.1. The molecule has 0 amide bonds. The van der Waals surface area contributed by atoms with E-state index in [0.717, 1.165) is 0 Å². The molecule has 0 spiro atoms. The highest BCUT2D eigenvalue weighted by Crippen LogP contribution is 2.14. The van der Waals surface area contributed by atoms with E-state index in [2.05, 4.69) is 5.32 Å². The zero-order valence-corrected chi connectivity index (χ0v) is 7.54. The molecule has 1 N–H and O–H groups in total. The molecule has 84 valence electrons. The van der Waals surface area contributed by atoms with E-state index >= 15 is 0 Å². The monoisotopic (exact) mass is 225 g/mol. The van der Waals surface area contributed by atoms with E-state index < -0.39 is 42.5 Å². The Bertz CT molecular complexity index is 316. The second kappa shape index (κ2) is 5.06. The Hall–Kier alpha value is -1.17. The Kier molecular flexibility index (Phi) is 4.02. The van der Waals surface area contributed by atoms with Crippen molar-refractivity contribution in [3.63, 3.8) is 0 Å². The lowest BCUT2D eigenvalue weighted by atomic mass is 10.2. The fraction of sp³-hybridized carbons (Fsp3) is 0.333. The number of rotatable bonds is 4. The molecule has 0 atom stereocenters. The number of alkyl halides is 2. The van der Waals surface area contributed by atoms with Crippen LogP contribution in [-0.2, 0) is 6.54 Å². The van der Waals surface area contributed by atoms with Gasteiger partial charge in [0, 0.05) is 24.2 Å². The second-order valence-corrected chi connectivity index (χ2v) is 2.87. The third-order valence-corrected chi connectivity index (χ3v) is 1.71. The molecule has 0 aliphatic heterocycles. The van der Waals surface area contributed by atoms with Gasteiger partial charge in [0.1, 0.15) is 17.5 Å². The third-order valence-electron chi connectivity index (χ3n) is 1.71. The fourth-order valence-corrected chi connectivity index (χ4v) is 1.05. The van der Waals surface area contributed by atoms with Crippen molar-refractivity contribution in [2.24, 2.45) is 0 Å². The van der Waals surface area contributed by atoms with Crippen LogP contribution in [0.5, 0.6) is 0 Å². The molecule has 1 rings (SSSR count). The van der Waals surface area contributed by atoms with Crippen molar-refractivity contribution in [1.29, 1.82) is 0 Å². The molecule has 15 heavy (non-hydrogen) atoms. The molecule has 1 aromatic carbocycles. The first-order chi connectivity index (χ1) is 7.00. The van der Waals surface area contributed by atoms with Crippen LogP contribution in [0.15, 0.2) is 12.1 Å². The predicted octanol–water partition coefficient (Wildman–Crippen LogP) is 2.46. The molecule has 1 nitrogen and oxygen atoms in total. The Labute approximate surface area is 82.9 Å². The van der Waals surface area contributed by atoms with Gasteiger partial charge in [0.05, 0.1) is 6.54 Å². The largest absolute Gasteiger partial charge is 0.307 e. The summed E-state index contributed by atoms with van der Waals surface area (Å²) < 4.78 is 61.7. The lowest BCUT2D eigenvalue weighted by Crippen LogP contribution is -2.22. The minimum atomic E-state index is -2.60. The summed E-state index contributed by atoms with van der Waals surface area (Å²) in [6, 6.07) is 1.00. The van der Waals surface area contributed by atoms with Crippen LogP contribution in [0, 0.1) is 17.5 Å². The topological polar surface area (TPSA) is 12.0 Å². The molecular formula is C9H8F5N. The SMILES string of the molecule is Fc1cc(F)c(CNCC(F)F)c(F)c1. The first-order valence-corrected chi connectivity index (χ1v) is 4.13. The van der Waals surface area contributed by atoms with E-state index in [-0.39, 0.29) is 0 Å². The number of halogens is 5. The zero-order valence-electron chi connectivity index (χ0n) is 7.54. The molecule has 0 saturated carbocycles. The molecule has 0 aromatic heterocycles. The van der Waals surface area contributed by atoms with Crippen LogP contribution < -0.4 is 5.32 Å². The van der Waals surface area contributed by atoms with Gasteiger partial charge in [-0.1, -0.05) is 0 Å². The van der Waals surface area contributed by atoms with Crippen molar-refractivity contribution in [2.45, 2.75) is 13.0 Å². The van der Waals surface area contributed by atoms with Crippen LogP contribution in [0.4, 0.5) is 22.0 Å². The van der Waals surface area contributed by atoms with Gasteiger partial charge < -0.3 is 5.32 Å². The zero-order chi connectivity index (χ0) is 11.4. The Morgan fingerprint density at radius 3 is 2.07 bits per heavy atom. The summed E-state index contributed by atoms with van der Waals surface area (Å²) in [4.78, 5) is 0. The average Bonchev–Trinajstić information content (AvgIpc) is 2.08. The van der Waals surface area contributed by atoms with Gasteiger partial charge in [-0.15, -0.1) is 0 Å². The average molecular weight is 225 g/mol. The molecule has 0 saturated heterocycles. The van der Waals surface area contributed by atoms with Crippen molar-refractivity contribution in [1.82, 2.24) is 5.32 Å². The van der Waals surface area contributed by atoms with Crippen LogP contribution in [0.2, 0.25) is 0 Å². The maximum absolute atomic E-state index is 12.9. The van der Waals surface area contributed by atoms with E-state index in [0.29, 0.717) is 12.1 Å². The summed E-state index contributed by atoms with van der Waals surface area (Å²) in [5, 5.41) is 2.15. The van der Waals surface area contributed by atoms with E-state index in [9.17, 15) is 22.0 Å². The van der Waals surface area contributed by atoms with E-state index in [1.54, 1.807) is 0 Å². The number of benzene rings is 1. The molecule has 0 radical (unpaired) electrons. The van der Waals surface area contributed by atoms with Gasteiger partial charge in [0.2, 0.25) is 0 Å². The summed E-state index contributed by atoms with van der Waals surface area (Å²) in [5.74, 6) is -3.22. The lowest BCUT2D eigenvalue weighted by molar-refractivity contribution is 0.145. The molecule has 6 heteroatoms. The van der Waals surface area contributed by atoms with E-state index in [1.807, 2.05) is 0 Å². The van der Waals surface area contributed by atoms with Gasteiger partial charge in [0.25, 0.3) is 6.43 Å². The lowest BCUT2D eigenvalue weighted by Gasteiger charge is -2.06. The molecule has 0 aliphatic carbocycles. The fourth-order valence-electron chi connectivity index (χ4n) is 1.05. The summed E-state index contributed by atoms with van der Waals surface area (Å²) in [6.07, 6.45) is -2.60. The Balaban J connectivity index is 2.68. The third kappa shape index (κ3) is 3.47. The predicted molar refractivity (Wildman–Crippen MR) is 44.0 cm³/mol. The van der Waals surface area contributed by atoms with Crippen LogP contribution in [0.3, 0.4) is 0 Å². The number of hydrogen-bond donors (Lipinski definition) is 1. The molecule has 0 fully saturated rings. The molecule has 0 bridgehead atoms. The Morgan fingerprint density at radius 1 is 1.07 bits per heavy atom. The van der Waals surface area contributed by atoms with Gasteiger partial charge >= 0.3 is 0 Å². The summed E-state index contributed by atoms with van der Waals surface area (Å²) >= 11 is 0. The van der Waals surface area contributed by atoms with Crippen LogP contribution in [-0.4, -0.2) is 13.0 Å². The van der Waals surface area contributed by atoms with E-state index in [1.165, 1.54) is 0 Å². The molecule has 0 heterocycles. The Morgan fingerprint density at radius 2 is 1.60 bits per heavy atom. The minimum absolute atomic E-state index is 0.401. The standard InChI is InChI=1S/C9H8F5N/c10-5-1-7(11)6(8(12)2-5)3-15-4-9(13)14/h1-2,9,15H,3-4H2. The van der Waals surface area contributed by atoms with Crippen LogP contribution in [0.25, 0.3) is 0 Å². The summed E-state index contributed by atoms with van der Waals surface area (Å²) in [5.41, 5.74) is -0.447. The molecular weight excluding hydrogens is 217 g/mol. The highest BCUT2D eigenvalue weighted by Gasteiger charge is 2.11. The van der Waals surface area contributed by atoms with Gasteiger partial charge in [-0.3, -0.25) is 0 Å². The van der Waals surface area contributed by atoms with Crippen molar-refractivity contribution in [2.75, 3.05) is 6.54 Å². The smallest absolute Gasteiger partial charge is 0.250 e.